The number of hydrogen-bond acceptors (Lipinski definition) is 1. The molecule has 1 unspecified atom stereocenters. The van der Waals surface area contributed by atoms with Crippen molar-refractivity contribution in [3.05, 3.63) is 35.4 Å². The van der Waals surface area contributed by atoms with E-state index < -0.39 is 0 Å². The second kappa shape index (κ2) is 4.48. The van der Waals surface area contributed by atoms with Crippen molar-refractivity contribution >= 4 is 11.6 Å². The Morgan fingerprint density at radius 2 is 1.92 bits per heavy atom. The fourth-order valence-electron chi connectivity index (χ4n) is 1.26. The lowest BCUT2D eigenvalue weighted by Gasteiger charge is -2.07. The lowest BCUT2D eigenvalue weighted by atomic mass is 10.0. The minimum Gasteiger partial charge on any atom is -0.326 e. The van der Waals surface area contributed by atoms with E-state index in [1.807, 2.05) is 19.1 Å². The molecule has 1 atom stereocenters. The summed E-state index contributed by atoms with van der Waals surface area (Å²) in [6.07, 6.45) is 0.898. The molecular weight excluding hydrogens is 170 g/mol. The Morgan fingerprint density at radius 1 is 1.33 bits per heavy atom. The molecule has 0 fully saturated rings. The molecule has 12 heavy (non-hydrogen) atoms. The minimum atomic E-state index is 0.178. The van der Waals surface area contributed by atoms with E-state index in [-0.39, 0.29) is 5.38 Å². The first-order valence-corrected chi connectivity index (χ1v) is 4.58. The number of benzene rings is 1. The van der Waals surface area contributed by atoms with Gasteiger partial charge in [0, 0.05) is 11.9 Å². The fraction of sp³-hybridized carbons (Fsp3) is 0.400. The molecule has 2 N–H and O–H groups in total. The number of alkyl halides is 1. The van der Waals surface area contributed by atoms with Gasteiger partial charge in [-0.2, -0.15) is 0 Å². The van der Waals surface area contributed by atoms with Crippen molar-refractivity contribution in [3.63, 3.8) is 0 Å². The third-order valence-electron chi connectivity index (χ3n) is 1.84. The molecular formula is C10H14ClN. The van der Waals surface area contributed by atoms with E-state index in [0.29, 0.717) is 6.54 Å². The van der Waals surface area contributed by atoms with Gasteiger partial charge >= 0.3 is 0 Å². The monoisotopic (exact) mass is 183 g/mol. The molecule has 0 aliphatic rings. The quantitative estimate of drug-likeness (QED) is 0.716. The van der Waals surface area contributed by atoms with Gasteiger partial charge in [-0.15, -0.1) is 11.6 Å². The normalized spacial score (nSPS) is 12.9. The summed E-state index contributed by atoms with van der Waals surface area (Å²) in [5, 5.41) is 0.178. The van der Waals surface area contributed by atoms with Crippen molar-refractivity contribution in [1.29, 1.82) is 0 Å². The Bertz CT molecular complexity index is 245. The molecule has 0 aromatic heterocycles. The van der Waals surface area contributed by atoms with Crippen LogP contribution in [0.5, 0.6) is 0 Å². The third kappa shape index (κ3) is 2.50. The van der Waals surface area contributed by atoms with E-state index in [1.165, 1.54) is 11.1 Å². The zero-order valence-corrected chi connectivity index (χ0v) is 8.01. The third-order valence-corrected chi connectivity index (χ3v) is 1.99. The highest BCUT2D eigenvalue weighted by atomic mass is 35.5. The van der Waals surface area contributed by atoms with Gasteiger partial charge in [0.1, 0.15) is 0 Å². The summed E-state index contributed by atoms with van der Waals surface area (Å²) in [5.74, 6) is 0. The summed E-state index contributed by atoms with van der Waals surface area (Å²) in [5.41, 5.74) is 8.05. The van der Waals surface area contributed by atoms with E-state index in [2.05, 4.69) is 12.1 Å². The van der Waals surface area contributed by atoms with Crippen LogP contribution < -0.4 is 5.73 Å². The predicted octanol–water partition coefficient (Wildman–Crippen LogP) is 2.32. The molecule has 0 amide bonds. The van der Waals surface area contributed by atoms with E-state index in [4.69, 9.17) is 17.3 Å². The van der Waals surface area contributed by atoms with Gasteiger partial charge in [-0.1, -0.05) is 24.3 Å². The van der Waals surface area contributed by atoms with Crippen molar-refractivity contribution in [3.8, 4) is 0 Å². The molecule has 1 aromatic rings. The highest BCUT2D eigenvalue weighted by molar-refractivity contribution is 6.20. The van der Waals surface area contributed by atoms with Crippen molar-refractivity contribution in [2.45, 2.75) is 25.3 Å². The second-order valence-electron chi connectivity index (χ2n) is 2.96. The molecule has 0 bridgehead atoms. The van der Waals surface area contributed by atoms with Crippen LogP contribution in [0, 0.1) is 0 Å². The largest absolute Gasteiger partial charge is 0.326 e. The maximum absolute atomic E-state index is 5.90. The Hall–Kier alpha value is -0.530. The Kier molecular flexibility index (Phi) is 3.57. The Balaban J connectivity index is 2.82. The highest BCUT2D eigenvalue weighted by Crippen LogP contribution is 2.12. The molecule has 0 radical (unpaired) electrons. The highest BCUT2D eigenvalue weighted by Gasteiger charge is 2.02. The molecule has 66 valence electrons. The van der Waals surface area contributed by atoms with Gasteiger partial charge in [0.2, 0.25) is 0 Å². The topological polar surface area (TPSA) is 26.0 Å². The van der Waals surface area contributed by atoms with Crippen molar-refractivity contribution in [2.24, 2.45) is 5.73 Å². The van der Waals surface area contributed by atoms with Crippen LogP contribution >= 0.6 is 11.6 Å². The lowest BCUT2D eigenvalue weighted by molar-refractivity contribution is 0.901. The SMILES string of the molecule is CC(Cl)Cc1ccccc1CN. The molecule has 1 rings (SSSR count). The average molecular weight is 184 g/mol. The van der Waals surface area contributed by atoms with E-state index in [0.717, 1.165) is 6.42 Å². The van der Waals surface area contributed by atoms with E-state index in [1.54, 1.807) is 0 Å². The van der Waals surface area contributed by atoms with Gasteiger partial charge in [-0.25, -0.2) is 0 Å². The van der Waals surface area contributed by atoms with Gasteiger partial charge in [0.25, 0.3) is 0 Å². The smallest absolute Gasteiger partial charge is 0.0348 e. The standard InChI is InChI=1S/C10H14ClN/c1-8(11)6-9-4-2-3-5-10(9)7-12/h2-5,8H,6-7,12H2,1H3. The average Bonchev–Trinajstić information content (AvgIpc) is 2.04. The molecule has 1 nitrogen and oxygen atoms in total. The summed E-state index contributed by atoms with van der Waals surface area (Å²) in [7, 11) is 0. The maximum Gasteiger partial charge on any atom is 0.0348 e. The summed E-state index contributed by atoms with van der Waals surface area (Å²) >= 11 is 5.90. The van der Waals surface area contributed by atoms with Crippen molar-refractivity contribution in [2.75, 3.05) is 0 Å². The van der Waals surface area contributed by atoms with Crippen molar-refractivity contribution in [1.82, 2.24) is 0 Å². The number of halogens is 1. The van der Waals surface area contributed by atoms with Crippen LogP contribution in [0.3, 0.4) is 0 Å². The van der Waals surface area contributed by atoms with E-state index >= 15 is 0 Å². The van der Waals surface area contributed by atoms with E-state index in [9.17, 15) is 0 Å². The molecule has 0 aliphatic carbocycles. The lowest BCUT2D eigenvalue weighted by Crippen LogP contribution is -2.05. The summed E-state index contributed by atoms with van der Waals surface area (Å²) in [6.45, 7) is 2.59. The molecule has 2 heteroatoms. The summed E-state index contributed by atoms with van der Waals surface area (Å²) < 4.78 is 0. The minimum absolute atomic E-state index is 0.178. The first-order chi connectivity index (χ1) is 5.74. The van der Waals surface area contributed by atoms with Gasteiger partial charge < -0.3 is 5.73 Å². The van der Waals surface area contributed by atoms with Crippen LogP contribution in [-0.2, 0) is 13.0 Å². The molecule has 0 heterocycles. The first kappa shape index (κ1) is 9.56. The molecule has 0 saturated heterocycles. The van der Waals surface area contributed by atoms with Crippen LogP contribution in [0.2, 0.25) is 0 Å². The van der Waals surface area contributed by atoms with Gasteiger partial charge in [-0.05, 0) is 24.5 Å². The van der Waals surface area contributed by atoms with Crippen LogP contribution in [-0.4, -0.2) is 5.38 Å². The van der Waals surface area contributed by atoms with Crippen LogP contribution in [0.15, 0.2) is 24.3 Å². The molecule has 0 spiro atoms. The van der Waals surface area contributed by atoms with Gasteiger partial charge in [0.05, 0.1) is 0 Å². The number of nitrogens with two attached hydrogens (primary N) is 1. The van der Waals surface area contributed by atoms with Gasteiger partial charge in [0.15, 0.2) is 0 Å². The molecule has 0 saturated carbocycles. The van der Waals surface area contributed by atoms with Crippen molar-refractivity contribution < 1.29 is 0 Å². The zero-order chi connectivity index (χ0) is 8.97. The zero-order valence-electron chi connectivity index (χ0n) is 7.26. The first-order valence-electron chi connectivity index (χ1n) is 4.15. The molecule has 0 aliphatic heterocycles. The van der Waals surface area contributed by atoms with Crippen LogP contribution in [0.1, 0.15) is 18.1 Å². The summed E-state index contributed by atoms with van der Waals surface area (Å²) in [6, 6.07) is 8.16. The maximum atomic E-state index is 5.90. The number of hydrogen-bond donors (Lipinski definition) is 1. The Morgan fingerprint density at radius 3 is 2.42 bits per heavy atom. The predicted molar refractivity (Wildman–Crippen MR) is 53.4 cm³/mol. The fourth-order valence-corrected chi connectivity index (χ4v) is 1.43. The second-order valence-corrected chi connectivity index (χ2v) is 3.70. The van der Waals surface area contributed by atoms with Gasteiger partial charge in [-0.3, -0.25) is 0 Å². The van der Waals surface area contributed by atoms with Crippen LogP contribution in [0.4, 0.5) is 0 Å². The Labute approximate surface area is 78.5 Å². The number of rotatable bonds is 3. The molecule has 1 aromatic carbocycles. The van der Waals surface area contributed by atoms with Crippen LogP contribution in [0.25, 0.3) is 0 Å². The summed E-state index contributed by atoms with van der Waals surface area (Å²) in [4.78, 5) is 0.